The Labute approximate surface area is 200 Å². The fourth-order valence-corrected chi connectivity index (χ4v) is 3.92. The quantitative estimate of drug-likeness (QED) is 0.276. The van der Waals surface area contributed by atoms with Crippen molar-refractivity contribution in [2.75, 3.05) is 18.9 Å². The summed E-state index contributed by atoms with van der Waals surface area (Å²) in [4.78, 5) is 16.5. The van der Waals surface area contributed by atoms with Crippen LogP contribution in [0.15, 0.2) is 53.5 Å². The number of rotatable bonds is 7. The molecule has 0 aliphatic heterocycles. The van der Waals surface area contributed by atoms with Crippen molar-refractivity contribution < 1.29 is 9.18 Å². The molecule has 4 rings (SSSR count). The maximum absolute atomic E-state index is 14.2. The lowest BCUT2D eigenvalue weighted by Gasteiger charge is -2.24. The number of hydrogen-bond donors (Lipinski definition) is 3. The molecule has 2 aromatic rings. The summed E-state index contributed by atoms with van der Waals surface area (Å²) in [5.74, 6) is 0.827. The largest absolute Gasteiger partial charge is 0.356 e. The van der Waals surface area contributed by atoms with Gasteiger partial charge in [-0.05, 0) is 55.0 Å². The van der Waals surface area contributed by atoms with Gasteiger partial charge in [0.2, 0.25) is 5.91 Å². The van der Waals surface area contributed by atoms with Crippen LogP contribution in [0.4, 0.5) is 10.1 Å². The molecule has 0 unspecified atom stereocenters. The zero-order chi connectivity index (χ0) is 21.0. The molecule has 2 fully saturated rings. The molecule has 0 saturated heterocycles. The fraction of sp³-hybridized carbons (Fsp3) is 0.417. The van der Waals surface area contributed by atoms with Crippen LogP contribution in [-0.4, -0.2) is 25.5 Å². The number of aliphatic imine (C=N–C) groups is 1. The van der Waals surface area contributed by atoms with Gasteiger partial charge < -0.3 is 16.0 Å². The van der Waals surface area contributed by atoms with Gasteiger partial charge >= 0.3 is 0 Å². The topological polar surface area (TPSA) is 65.5 Å². The van der Waals surface area contributed by atoms with E-state index >= 15 is 0 Å². The minimum absolute atomic E-state index is 0. The Morgan fingerprint density at radius 1 is 1.13 bits per heavy atom. The van der Waals surface area contributed by atoms with E-state index in [0.29, 0.717) is 19.0 Å². The molecule has 0 aromatic heterocycles. The first kappa shape index (κ1) is 23.5. The molecule has 5 nitrogen and oxygen atoms in total. The molecular formula is C24H30FIN4O. The van der Waals surface area contributed by atoms with E-state index < -0.39 is 0 Å². The lowest BCUT2D eigenvalue weighted by molar-refractivity contribution is -0.122. The Morgan fingerprint density at radius 3 is 2.55 bits per heavy atom. The van der Waals surface area contributed by atoms with Crippen molar-refractivity contribution in [2.45, 2.75) is 44.1 Å². The van der Waals surface area contributed by atoms with Crippen LogP contribution in [-0.2, 0) is 16.8 Å². The SMILES string of the molecule is CN=C(NCc1cccc(NC(=O)C2CCC2)c1)NCC1(c2ccccc2F)CC1.I. The second-order valence-electron chi connectivity index (χ2n) is 8.36. The summed E-state index contributed by atoms with van der Waals surface area (Å²) in [5, 5.41) is 9.67. The van der Waals surface area contributed by atoms with Crippen molar-refractivity contribution in [3.05, 3.63) is 65.5 Å². The Morgan fingerprint density at radius 2 is 1.90 bits per heavy atom. The van der Waals surface area contributed by atoms with Crippen LogP contribution in [0.3, 0.4) is 0 Å². The van der Waals surface area contributed by atoms with Crippen LogP contribution in [0.2, 0.25) is 0 Å². The first-order valence-corrected chi connectivity index (χ1v) is 10.7. The number of nitrogens with one attached hydrogen (secondary N) is 3. The molecule has 1 amide bonds. The van der Waals surface area contributed by atoms with E-state index in [9.17, 15) is 9.18 Å². The molecule has 0 bridgehead atoms. The van der Waals surface area contributed by atoms with Crippen LogP contribution in [0.5, 0.6) is 0 Å². The van der Waals surface area contributed by atoms with Gasteiger partial charge in [0, 0.05) is 37.2 Å². The summed E-state index contributed by atoms with van der Waals surface area (Å²) < 4.78 is 14.2. The summed E-state index contributed by atoms with van der Waals surface area (Å²) in [5.41, 5.74) is 2.52. The number of benzene rings is 2. The van der Waals surface area contributed by atoms with Crippen LogP contribution >= 0.6 is 24.0 Å². The third-order valence-corrected chi connectivity index (χ3v) is 6.25. The zero-order valence-electron chi connectivity index (χ0n) is 17.8. The first-order chi connectivity index (χ1) is 14.6. The van der Waals surface area contributed by atoms with E-state index in [-0.39, 0.29) is 47.0 Å². The molecule has 2 aliphatic carbocycles. The average Bonchev–Trinajstić information content (AvgIpc) is 3.48. The molecular weight excluding hydrogens is 506 g/mol. The van der Waals surface area contributed by atoms with Crippen molar-refractivity contribution in [3.63, 3.8) is 0 Å². The van der Waals surface area contributed by atoms with Gasteiger partial charge in [0.1, 0.15) is 5.82 Å². The van der Waals surface area contributed by atoms with Crippen molar-refractivity contribution in [2.24, 2.45) is 10.9 Å². The lowest BCUT2D eigenvalue weighted by atomic mass is 9.85. The summed E-state index contributed by atoms with van der Waals surface area (Å²) in [6.07, 6.45) is 5.07. The van der Waals surface area contributed by atoms with Crippen LogP contribution in [0.1, 0.15) is 43.2 Å². The van der Waals surface area contributed by atoms with Crippen LogP contribution in [0.25, 0.3) is 0 Å². The smallest absolute Gasteiger partial charge is 0.227 e. The van der Waals surface area contributed by atoms with Crippen LogP contribution < -0.4 is 16.0 Å². The highest BCUT2D eigenvalue weighted by Gasteiger charge is 2.45. The monoisotopic (exact) mass is 536 g/mol. The third kappa shape index (κ3) is 5.75. The number of halogens is 2. The Bertz CT molecular complexity index is 941. The van der Waals surface area contributed by atoms with E-state index in [1.54, 1.807) is 13.1 Å². The Balaban J connectivity index is 0.00000272. The lowest BCUT2D eigenvalue weighted by Crippen LogP contribution is -2.41. The molecule has 166 valence electrons. The second-order valence-corrected chi connectivity index (χ2v) is 8.36. The predicted molar refractivity (Wildman–Crippen MR) is 133 cm³/mol. The molecule has 0 radical (unpaired) electrons. The third-order valence-electron chi connectivity index (χ3n) is 6.25. The van der Waals surface area contributed by atoms with E-state index in [0.717, 1.165) is 48.9 Å². The fourth-order valence-electron chi connectivity index (χ4n) is 3.92. The van der Waals surface area contributed by atoms with Gasteiger partial charge in [-0.15, -0.1) is 24.0 Å². The average molecular weight is 536 g/mol. The highest BCUT2D eigenvalue weighted by Crippen LogP contribution is 2.48. The van der Waals surface area contributed by atoms with Crippen molar-refractivity contribution >= 4 is 41.5 Å². The second kappa shape index (κ2) is 10.4. The number of carbonyl (C=O) groups is 1. The first-order valence-electron chi connectivity index (χ1n) is 10.7. The number of hydrogen-bond acceptors (Lipinski definition) is 2. The van der Waals surface area contributed by atoms with Crippen molar-refractivity contribution in [1.82, 2.24) is 10.6 Å². The molecule has 0 spiro atoms. The van der Waals surface area contributed by atoms with Crippen molar-refractivity contribution in [3.8, 4) is 0 Å². The number of carbonyl (C=O) groups excluding carboxylic acids is 1. The zero-order valence-corrected chi connectivity index (χ0v) is 20.1. The molecule has 0 heterocycles. The van der Waals surface area contributed by atoms with Gasteiger partial charge in [-0.1, -0.05) is 36.8 Å². The molecule has 2 aromatic carbocycles. The number of anilines is 1. The molecule has 0 atom stereocenters. The molecule has 31 heavy (non-hydrogen) atoms. The molecule has 3 N–H and O–H groups in total. The standard InChI is InChI=1S/C24H29FN4O.HI/c1-26-23(28-16-24(12-13-24)20-10-2-3-11-21(20)25)27-15-17-6-4-9-19(14-17)29-22(30)18-7-5-8-18;/h2-4,6,9-11,14,18H,5,7-8,12-13,15-16H2,1H3,(H,29,30)(H2,26,27,28);1H. The van der Waals surface area contributed by atoms with Gasteiger partial charge in [0.25, 0.3) is 0 Å². The van der Waals surface area contributed by atoms with Gasteiger partial charge in [-0.3, -0.25) is 9.79 Å². The van der Waals surface area contributed by atoms with Gasteiger partial charge in [-0.2, -0.15) is 0 Å². The van der Waals surface area contributed by atoms with E-state index in [4.69, 9.17) is 0 Å². The van der Waals surface area contributed by atoms with Gasteiger partial charge in [0.15, 0.2) is 5.96 Å². The molecule has 2 saturated carbocycles. The minimum atomic E-state index is -0.144. The summed E-state index contributed by atoms with van der Waals surface area (Å²) in [6, 6.07) is 14.9. The minimum Gasteiger partial charge on any atom is -0.356 e. The maximum atomic E-state index is 14.2. The molecule has 7 heteroatoms. The Kier molecular flexibility index (Phi) is 7.91. The van der Waals surface area contributed by atoms with Crippen LogP contribution in [0, 0.1) is 11.7 Å². The maximum Gasteiger partial charge on any atom is 0.227 e. The normalized spacial score (nSPS) is 17.2. The van der Waals surface area contributed by atoms with E-state index in [1.807, 2.05) is 36.4 Å². The number of guanidine groups is 1. The molecule has 2 aliphatic rings. The predicted octanol–water partition coefficient (Wildman–Crippen LogP) is 4.58. The summed E-state index contributed by atoms with van der Waals surface area (Å²) in [7, 11) is 1.73. The number of amides is 1. The highest BCUT2D eigenvalue weighted by atomic mass is 127. The van der Waals surface area contributed by atoms with Gasteiger partial charge in [-0.25, -0.2) is 4.39 Å². The van der Waals surface area contributed by atoms with E-state index in [1.165, 1.54) is 6.07 Å². The summed E-state index contributed by atoms with van der Waals surface area (Å²) in [6.45, 7) is 1.23. The highest BCUT2D eigenvalue weighted by molar-refractivity contribution is 14.0. The van der Waals surface area contributed by atoms with E-state index in [2.05, 4.69) is 20.9 Å². The summed E-state index contributed by atoms with van der Waals surface area (Å²) >= 11 is 0. The Hall–Kier alpha value is -2.16. The van der Waals surface area contributed by atoms with Gasteiger partial charge in [0.05, 0.1) is 0 Å². The van der Waals surface area contributed by atoms with Crippen molar-refractivity contribution in [1.29, 1.82) is 0 Å². The number of nitrogens with zero attached hydrogens (tertiary/aromatic N) is 1.